The highest BCUT2D eigenvalue weighted by Crippen LogP contribution is 2.28. The number of piperazine rings is 1. The van der Waals surface area contributed by atoms with Crippen molar-refractivity contribution in [2.24, 2.45) is 5.92 Å². The molecule has 2 fully saturated rings. The maximum absolute atomic E-state index is 12.8. The van der Waals surface area contributed by atoms with Crippen molar-refractivity contribution in [3.8, 4) is 6.07 Å². The number of amides is 2. The average Bonchev–Trinajstić information content (AvgIpc) is 2.81. The zero-order chi connectivity index (χ0) is 22.9. The second-order valence-electron chi connectivity index (χ2n) is 8.48. The van der Waals surface area contributed by atoms with Gasteiger partial charge in [0.2, 0.25) is 11.8 Å². The molecule has 0 bridgehead atoms. The molecule has 8 nitrogen and oxygen atoms in total. The van der Waals surface area contributed by atoms with E-state index in [0.29, 0.717) is 25.3 Å². The van der Waals surface area contributed by atoms with Gasteiger partial charge in [-0.05, 0) is 49.9 Å². The summed E-state index contributed by atoms with van der Waals surface area (Å²) < 4.78 is 5.10. The van der Waals surface area contributed by atoms with Crippen LogP contribution in [0.4, 0.5) is 5.69 Å². The molecule has 1 aromatic rings. The van der Waals surface area contributed by atoms with E-state index in [0.717, 1.165) is 31.4 Å². The maximum Gasteiger partial charge on any atom is 0.307 e. The number of hydrogen-bond acceptors (Lipinski definition) is 6. The minimum atomic E-state index is -0.296. The predicted molar refractivity (Wildman–Crippen MR) is 120 cm³/mol. The molecule has 1 atom stereocenters. The molecule has 1 N–H and O–H groups in total. The fourth-order valence-corrected chi connectivity index (χ4v) is 4.54. The van der Waals surface area contributed by atoms with Crippen molar-refractivity contribution in [1.82, 2.24) is 10.2 Å². The number of nitrogens with one attached hydrogen (secondary N) is 1. The Labute approximate surface area is 189 Å². The Morgan fingerprint density at radius 3 is 2.53 bits per heavy atom. The highest BCUT2D eigenvalue weighted by Gasteiger charge is 2.30. The summed E-state index contributed by atoms with van der Waals surface area (Å²) in [6, 6.07) is 8.96. The standard InChI is InChI=1S/C24H32N4O4/c1-2-32-24(31)14-21(19-6-4-3-5-7-19)26-22(29)16-28-13-12-27(17-23(28)30)20-10-8-18(15-25)9-11-20/h8-11,19,21H,2-7,12-14,16-17H2,1H3,(H,26,29). The van der Waals surface area contributed by atoms with Gasteiger partial charge in [0.1, 0.15) is 0 Å². The molecular formula is C24H32N4O4. The zero-order valence-corrected chi connectivity index (χ0v) is 18.7. The van der Waals surface area contributed by atoms with Crippen molar-refractivity contribution in [1.29, 1.82) is 5.26 Å². The lowest BCUT2D eigenvalue weighted by molar-refractivity contribution is -0.144. The van der Waals surface area contributed by atoms with Gasteiger partial charge in [-0.15, -0.1) is 0 Å². The van der Waals surface area contributed by atoms with Crippen molar-refractivity contribution in [3.05, 3.63) is 29.8 Å². The van der Waals surface area contributed by atoms with Crippen LogP contribution in [0.5, 0.6) is 0 Å². The van der Waals surface area contributed by atoms with Crippen LogP contribution in [-0.2, 0) is 19.1 Å². The number of nitriles is 1. The molecular weight excluding hydrogens is 408 g/mol. The molecule has 2 aliphatic rings. The van der Waals surface area contributed by atoms with Crippen molar-refractivity contribution >= 4 is 23.5 Å². The smallest absolute Gasteiger partial charge is 0.307 e. The fraction of sp³-hybridized carbons (Fsp3) is 0.583. The van der Waals surface area contributed by atoms with Gasteiger partial charge >= 0.3 is 5.97 Å². The molecule has 0 radical (unpaired) electrons. The number of ether oxygens (including phenoxy) is 1. The molecule has 1 saturated heterocycles. The Morgan fingerprint density at radius 2 is 1.91 bits per heavy atom. The first-order chi connectivity index (χ1) is 15.5. The van der Waals surface area contributed by atoms with Crippen molar-refractivity contribution in [2.45, 2.75) is 51.5 Å². The molecule has 1 aliphatic carbocycles. The number of benzene rings is 1. The number of carbonyl (C=O) groups excluding carboxylic acids is 3. The second-order valence-corrected chi connectivity index (χ2v) is 8.48. The maximum atomic E-state index is 12.8. The van der Waals surface area contributed by atoms with Crippen LogP contribution in [0, 0.1) is 17.2 Å². The van der Waals surface area contributed by atoms with Gasteiger partial charge < -0.3 is 19.9 Å². The minimum Gasteiger partial charge on any atom is -0.466 e. The third-order valence-electron chi connectivity index (χ3n) is 6.27. The average molecular weight is 441 g/mol. The van der Waals surface area contributed by atoms with E-state index >= 15 is 0 Å². The summed E-state index contributed by atoms with van der Waals surface area (Å²) in [4.78, 5) is 41.0. The van der Waals surface area contributed by atoms with E-state index in [1.54, 1.807) is 24.0 Å². The first-order valence-electron chi connectivity index (χ1n) is 11.5. The lowest BCUT2D eigenvalue weighted by Gasteiger charge is -2.36. The van der Waals surface area contributed by atoms with Crippen LogP contribution in [0.2, 0.25) is 0 Å². The van der Waals surface area contributed by atoms with Gasteiger partial charge in [0, 0.05) is 24.8 Å². The summed E-state index contributed by atoms with van der Waals surface area (Å²) in [6.45, 7) is 3.33. The lowest BCUT2D eigenvalue weighted by Crippen LogP contribution is -2.54. The van der Waals surface area contributed by atoms with Gasteiger partial charge in [-0.3, -0.25) is 14.4 Å². The van der Waals surface area contributed by atoms with E-state index in [4.69, 9.17) is 10.00 Å². The molecule has 0 aromatic heterocycles. The minimum absolute atomic E-state index is 0.00785. The Morgan fingerprint density at radius 1 is 1.19 bits per heavy atom. The molecule has 1 aromatic carbocycles. The van der Waals surface area contributed by atoms with Gasteiger partial charge in [0.25, 0.3) is 0 Å². The van der Waals surface area contributed by atoms with E-state index in [9.17, 15) is 14.4 Å². The third kappa shape index (κ3) is 6.46. The normalized spacial score (nSPS) is 18.1. The molecule has 2 amide bonds. The topological polar surface area (TPSA) is 103 Å². The predicted octanol–water partition coefficient (Wildman–Crippen LogP) is 2.23. The monoisotopic (exact) mass is 440 g/mol. The van der Waals surface area contributed by atoms with Crippen LogP contribution in [0.3, 0.4) is 0 Å². The molecule has 0 spiro atoms. The largest absolute Gasteiger partial charge is 0.466 e. The van der Waals surface area contributed by atoms with Crippen LogP contribution in [0.25, 0.3) is 0 Å². The molecule has 8 heteroatoms. The fourth-order valence-electron chi connectivity index (χ4n) is 4.54. The number of hydrogen-bond donors (Lipinski definition) is 1. The first kappa shape index (κ1) is 23.6. The van der Waals surface area contributed by atoms with E-state index in [1.807, 2.05) is 17.0 Å². The van der Waals surface area contributed by atoms with Crippen LogP contribution < -0.4 is 10.2 Å². The number of esters is 1. The Bertz CT molecular complexity index is 843. The number of rotatable bonds is 8. The van der Waals surface area contributed by atoms with Crippen LogP contribution in [0.1, 0.15) is 51.0 Å². The van der Waals surface area contributed by atoms with Crippen LogP contribution in [0.15, 0.2) is 24.3 Å². The van der Waals surface area contributed by atoms with Crippen molar-refractivity contribution in [3.63, 3.8) is 0 Å². The van der Waals surface area contributed by atoms with E-state index in [-0.39, 0.29) is 49.3 Å². The molecule has 1 heterocycles. The molecule has 1 saturated carbocycles. The van der Waals surface area contributed by atoms with Gasteiger partial charge in [-0.1, -0.05) is 19.3 Å². The molecule has 1 aliphatic heterocycles. The molecule has 172 valence electrons. The lowest BCUT2D eigenvalue weighted by atomic mass is 9.82. The summed E-state index contributed by atoms with van der Waals surface area (Å²) >= 11 is 0. The van der Waals surface area contributed by atoms with E-state index in [2.05, 4.69) is 11.4 Å². The Kier molecular flexibility index (Phi) is 8.48. The molecule has 32 heavy (non-hydrogen) atoms. The summed E-state index contributed by atoms with van der Waals surface area (Å²) in [6.07, 6.45) is 5.56. The second kappa shape index (κ2) is 11.5. The Balaban J connectivity index is 1.54. The summed E-state index contributed by atoms with van der Waals surface area (Å²) in [5.41, 5.74) is 1.46. The van der Waals surface area contributed by atoms with Gasteiger partial charge in [0.15, 0.2) is 0 Å². The first-order valence-corrected chi connectivity index (χ1v) is 11.5. The van der Waals surface area contributed by atoms with Gasteiger partial charge in [-0.25, -0.2) is 0 Å². The van der Waals surface area contributed by atoms with E-state index < -0.39 is 0 Å². The van der Waals surface area contributed by atoms with Gasteiger partial charge in [-0.2, -0.15) is 5.26 Å². The molecule has 3 rings (SSSR count). The van der Waals surface area contributed by atoms with Crippen molar-refractivity contribution < 1.29 is 19.1 Å². The van der Waals surface area contributed by atoms with Crippen LogP contribution in [-0.4, -0.2) is 61.5 Å². The SMILES string of the molecule is CCOC(=O)CC(NC(=O)CN1CCN(c2ccc(C#N)cc2)CC1=O)C1CCCCC1. The Hall–Kier alpha value is -3.08. The number of carbonyl (C=O) groups is 3. The highest BCUT2D eigenvalue weighted by atomic mass is 16.5. The summed E-state index contributed by atoms with van der Waals surface area (Å²) in [7, 11) is 0. The highest BCUT2D eigenvalue weighted by molar-refractivity contribution is 5.88. The van der Waals surface area contributed by atoms with E-state index in [1.165, 1.54) is 6.42 Å². The number of nitrogens with zero attached hydrogens (tertiary/aromatic N) is 3. The number of anilines is 1. The summed E-state index contributed by atoms with van der Waals surface area (Å²) in [5, 5.41) is 12.0. The zero-order valence-electron chi connectivity index (χ0n) is 18.7. The van der Waals surface area contributed by atoms with Gasteiger partial charge in [0.05, 0.1) is 37.7 Å². The molecule has 1 unspecified atom stereocenters. The third-order valence-corrected chi connectivity index (χ3v) is 6.27. The van der Waals surface area contributed by atoms with Crippen LogP contribution >= 0.6 is 0 Å². The van der Waals surface area contributed by atoms with Crippen molar-refractivity contribution in [2.75, 3.05) is 37.7 Å². The quantitative estimate of drug-likeness (QED) is 0.622. The summed E-state index contributed by atoms with van der Waals surface area (Å²) in [5.74, 6) is -0.378.